The average Bonchev–Trinajstić information content (AvgIpc) is 2.08. The van der Waals surface area contributed by atoms with E-state index in [1.807, 2.05) is 0 Å². The van der Waals surface area contributed by atoms with E-state index in [-0.39, 0.29) is 21.1 Å². The maximum atomic E-state index is 12.8. The maximum absolute atomic E-state index is 12.8. The Balaban J connectivity index is 3.41. The van der Waals surface area contributed by atoms with E-state index in [1.54, 1.807) is 22.6 Å². The second-order valence-electron chi connectivity index (χ2n) is 2.20. The van der Waals surface area contributed by atoms with Gasteiger partial charge in [0.15, 0.2) is 6.29 Å². The zero-order valence-corrected chi connectivity index (χ0v) is 8.32. The van der Waals surface area contributed by atoms with Gasteiger partial charge >= 0.3 is 0 Å². The first-order valence-corrected chi connectivity index (χ1v) is 4.22. The van der Waals surface area contributed by atoms with Gasteiger partial charge in [-0.15, -0.1) is 0 Å². The molecule has 13 heavy (non-hydrogen) atoms. The van der Waals surface area contributed by atoms with Crippen molar-refractivity contribution in [3.63, 3.8) is 0 Å². The maximum Gasteiger partial charge on any atom is 0.281 e. The highest BCUT2D eigenvalue weighted by molar-refractivity contribution is 14.1. The Labute approximate surface area is 86.0 Å². The lowest BCUT2D eigenvalue weighted by Gasteiger charge is -1.97. The molecule has 0 aliphatic carbocycles. The molecular formula is C7H3FINO3. The summed E-state index contributed by atoms with van der Waals surface area (Å²) in [6.07, 6.45) is 0.261. The summed E-state index contributed by atoms with van der Waals surface area (Å²) < 4.78 is 12.9. The minimum atomic E-state index is -0.717. The van der Waals surface area contributed by atoms with Crippen molar-refractivity contribution in [2.45, 2.75) is 0 Å². The number of carbonyl (C=O) groups excluding carboxylic acids is 1. The molecule has 0 atom stereocenters. The van der Waals surface area contributed by atoms with Gasteiger partial charge in [0.1, 0.15) is 5.82 Å². The molecule has 0 aromatic heterocycles. The van der Waals surface area contributed by atoms with Crippen LogP contribution in [-0.2, 0) is 0 Å². The zero-order chi connectivity index (χ0) is 10.0. The van der Waals surface area contributed by atoms with Crippen LogP contribution in [0.3, 0.4) is 0 Å². The molecule has 68 valence electrons. The third-order valence-corrected chi connectivity index (χ3v) is 2.22. The van der Waals surface area contributed by atoms with Crippen LogP contribution in [0.1, 0.15) is 10.4 Å². The Morgan fingerprint density at radius 1 is 1.54 bits per heavy atom. The number of nitrogens with zero attached hydrogens (tertiary/aromatic N) is 1. The van der Waals surface area contributed by atoms with E-state index in [1.165, 1.54) is 0 Å². The lowest BCUT2D eigenvalue weighted by molar-refractivity contribution is -0.385. The minimum Gasteiger partial charge on any atom is -0.298 e. The summed E-state index contributed by atoms with van der Waals surface area (Å²) in [5, 5.41) is 10.4. The molecular weight excluding hydrogens is 292 g/mol. The Kier molecular flexibility index (Phi) is 2.91. The number of rotatable bonds is 2. The summed E-state index contributed by atoms with van der Waals surface area (Å²) in [6, 6.07) is 1.88. The first-order valence-electron chi connectivity index (χ1n) is 3.15. The van der Waals surface area contributed by atoms with Gasteiger partial charge in [0, 0.05) is 6.07 Å². The van der Waals surface area contributed by atoms with Gasteiger partial charge < -0.3 is 0 Å². The molecule has 1 aromatic rings. The largest absolute Gasteiger partial charge is 0.298 e. The topological polar surface area (TPSA) is 60.2 Å². The number of benzene rings is 1. The fraction of sp³-hybridized carbons (Fsp3) is 0. The summed E-state index contributed by atoms with van der Waals surface area (Å²) >= 11 is 1.62. The molecule has 6 heteroatoms. The Morgan fingerprint density at radius 2 is 2.15 bits per heavy atom. The molecule has 0 saturated carbocycles. The minimum absolute atomic E-state index is 0.120. The van der Waals surface area contributed by atoms with Crippen LogP contribution in [0.5, 0.6) is 0 Å². The highest BCUT2D eigenvalue weighted by atomic mass is 127. The van der Waals surface area contributed by atoms with Gasteiger partial charge in [-0.2, -0.15) is 0 Å². The predicted octanol–water partition coefficient (Wildman–Crippen LogP) is 2.15. The zero-order valence-electron chi connectivity index (χ0n) is 6.16. The van der Waals surface area contributed by atoms with E-state index < -0.39 is 10.7 Å². The van der Waals surface area contributed by atoms with E-state index in [2.05, 4.69) is 0 Å². The van der Waals surface area contributed by atoms with E-state index in [4.69, 9.17) is 0 Å². The van der Waals surface area contributed by atoms with Crippen molar-refractivity contribution in [2.75, 3.05) is 0 Å². The Morgan fingerprint density at radius 3 is 2.62 bits per heavy atom. The van der Waals surface area contributed by atoms with Gasteiger partial charge in [-0.25, -0.2) is 4.39 Å². The summed E-state index contributed by atoms with van der Waals surface area (Å²) in [7, 11) is 0. The molecule has 0 heterocycles. The highest BCUT2D eigenvalue weighted by Crippen LogP contribution is 2.22. The highest BCUT2D eigenvalue weighted by Gasteiger charge is 2.16. The number of aldehydes is 1. The molecule has 0 aliphatic rings. The quantitative estimate of drug-likeness (QED) is 0.363. The van der Waals surface area contributed by atoms with Crippen LogP contribution in [-0.4, -0.2) is 11.2 Å². The van der Waals surface area contributed by atoms with Crippen LogP contribution in [0.4, 0.5) is 10.1 Å². The normalized spacial score (nSPS) is 9.69. The third-order valence-electron chi connectivity index (χ3n) is 1.39. The van der Waals surface area contributed by atoms with Crippen LogP contribution < -0.4 is 0 Å². The number of halogens is 2. The van der Waals surface area contributed by atoms with Crippen LogP contribution in [0.15, 0.2) is 12.1 Å². The second kappa shape index (κ2) is 3.77. The van der Waals surface area contributed by atoms with Crippen LogP contribution in [0, 0.1) is 19.5 Å². The predicted molar refractivity (Wildman–Crippen MR) is 51.2 cm³/mol. The first-order chi connectivity index (χ1) is 6.06. The van der Waals surface area contributed by atoms with Crippen molar-refractivity contribution in [3.8, 4) is 0 Å². The molecule has 1 rings (SSSR count). The molecule has 4 nitrogen and oxygen atoms in total. The van der Waals surface area contributed by atoms with Crippen molar-refractivity contribution < 1.29 is 14.1 Å². The summed E-state index contributed by atoms with van der Waals surface area (Å²) in [5.74, 6) is -0.631. The Hall–Kier alpha value is -1.05. The number of nitro benzene ring substituents is 1. The second-order valence-corrected chi connectivity index (χ2v) is 3.36. The standard InChI is InChI=1S/C7H3FINO3/c8-5-1-4(3-11)7(10(12)13)2-6(5)9/h1-3H. The van der Waals surface area contributed by atoms with Crippen molar-refractivity contribution in [1.29, 1.82) is 0 Å². The Bertz CT molecular complexity index is 380. The number of hydrogen-bond acceptors (Lipinski definition) is 3. The summed E-state index contributed by atoms with van der Waals surface area (Å²) in [5.41, 5.74) is -0.622. The van der Waals surface area contributed by atoms with Gasteiger partial charge in [0.25, 0.3) is 5.69 Å². The van der Waals surface area contributed by atoms with Crippen molar-refractivity contribution >= 4 is 34.6 Å². The van der Waals surface area contributed by atoms with Crippen LogP contribution in [0.25, 0.3) is 0 Å². The molecule has 1 aromatic carbocycles. The summed E-state index contributed by atoms with van der Waals surface area (Å²) in [6.45, 7) is 0. The molecule has 0 radical (unpaired) electrons. The monoisotopic (exact) mass is 295 g/mol. The number of carbonyl (C=O) groups is 1. The molecule has 0 fully saturated rings. The van der Waals surface area contributed by atoms with Crippen LogP contribution >= 0.6 is 22.6 Å². The van der Waals surface area contributed by atoms with Gasteiger partial charge in [-0.05, 0) is 28.7 Å². The molecule has 0 spiro atoms. The van der Waals surface area contributed by atoms with Gasteiger partial charge in [0.2, 0.25) is 0 Å². The fourth-order valence-electron chi connectivity index (χ4n) is 0.804. The number of hydrogen-bond donors (Lipinski definition) is 0. The first kappa shape index (κ1) is 10.0. The SMILES string of the molecule is O=Cc1cc(F)c(I)cc1[N+](=O)[O-]. The molecule has 0 saturated heterocycles. The van der Waals surface area contributed by atoms with Crippen molar-refractivity contribution in [2.24, 2.45) is 0 Å². The molecule has 0 aliphatic heterocycles. The van der Waals surface area contributed by atoms with Gasteiger partial charge in [-0.1, -0.05) is 0 Å². The van der Waals surface area contributed by atoms with E-state index in [9.17, 15) is 19.3 Å². The molecule has 0 bridgehead atoms. The lowest BCUT2D eigenvalue weighted by atomic mass is 10.2. The van der Waals surface area contributed by atoms with Gasteiger partial charge in [-0.3, -0.25) is 14.9 Å². The van der Waals surface area contributed by atoms with E-state index >= 15 is 0 Å². The van der Waals surface area contributed by atoms with Crippen LogP contribution in [0.2, 0.25) is 0 Å². The molecule has 0 N–H and O–H groups in total. The van der Waals surface area contributed by atoms with Gasteiger partial charge in [0.05, 0.1) is 14.1 Å². The molecule has 0 amide bonds. The van der Waals surface area contributed by atoms with Crippen molar-refractivity contribution in [3.05, 3.63) is 37.2 Å². The fourth-order valence-corrected chi connectivity index (χ4v) is 1.25. The smallest absolute Gasteiger partial charge is 0.281 e. The summed E-state index contributed by atoms with van der Waals surface area (Å²) in [4.78, 5) is 20.0. The van der Waals surface area contributed by atoms with Crippen molar-refractivity contribution in [1.82, 2.24) is 0 Å². The average molecular weight is 295 g/mol. The third kappa shape index (κ3) is 2.00. The van der Waals surface area contributed by atoms with E-state index in [0.717, 1.165) is 12.1 Å². The molecule has 0 unspecified atom stereocenters. The van der Waals surface area contributed by atoms with E-state index in [0.29, 0.717) is 0 Å². The lowest BCUT2D eigenvalue weighted by Crippen LogP contribution is -1.97. The number of nitro groups is 1.